The summed E-state index contributed by atoms with van der Waals surface area (Å²) in [7, 11) is 0. The summed E-state index contributed by atoms with van der Waals surface area (Å²) < 4.78 is 11.8. The summed E-state index contributed by atoms with van der Waals surface area (Å²) in [4.78, 5) is 39.2. The van der Waals surface area contributed by atoms with Gasteiger partial charge in [-0.25, -0.2) is 9.97 Å². The molecule has 2 saturated heterocycles. The zero-order valence-corrected chi connectivity index (χ0v) is 24.7. The number of amides is 1. The Kier molecular flexibility index (Phi) is 9.39. The van der Waals surface area contributed by atoms with Crippen LogP contribution in [-0.2, 0) is 20.7 Å². The molecule has 3 N–H and O–H groups in total. The molecule has 1 unspecified atom stereocenters. The SMILES string of the molecule is N#Cc1cnc2cc(OC3CCOC3)c(NC(=O)C=C3CCNCC3)cc2c1Nc1cnc(CC(=O)C2CCCCC2)nc1. The van der Waals surface area contributed by atoms with Crippen molar-refractivity contribution in [3.8, 4) is 11.8 Å². The van der Waals surface area contributed by atoms with Gasteiger partial charge < -0.3 is 25.4 Å². The lowest BCUT2D eigenvalue weighted by Crippen LogP contribution is -2.24. The minimum atomic E-state index is -0.237. The van der Waals surface area contributed by atoms with Crippen LogP contribution in [-0.4, -0.2) is 59.0 Å². The van der Waals surface area contributed by atoms with Gasteiger partial charge in [-0.2, -0.15) is 5.26 Å². The number of ether oxygens (including phenoxy) is 2. The van der Waals surface area contributed by atoms with Crippen LogP contribution in [0.5, 0.6) is 5.75 Å². The number of Topliss-reactive ketones (excluding diaryl/α,β-unsaturated/α-hetero) is 1. The van der Waals surface area contributed by atoms with Gasteiger partial charge in [-0.05, 0) is 44.8 Å². The number of hydrogen-bond acceptors (Lipinski definition) is 10. The molecular weight excluding hydrogens is 558 g/mol. The van der Waals surface area contributed by atoms with E-state index in [4.69, 9.17) is 9.47 Å². The normalized spacial score (nSPS) is 18.9. The lowest BCUT2D eigenvalue weighted by atomic mass is 9.85. The Balaban J connectivity index is 1.28. The third-order valence-corrected chi connectivity index (χ3v) is 8.48. The molecule has 4 heterocycles. The number of anilines is 3. The van der Waals surface area contributed by atoms with Crippen molar-refractivity contribution in [3.63, 3.8) is 0 Å². The molecule has 0 spiro atoms. The van der Waals surface area contributed by atoms with Crippen molar-refractivity contribution in [2.75, 3.05) is 36.9 Å². The molecule has 1 amide bonds. The molecule has 6 rings (SSSR count). The number of nitrogens with one attached hydrogen (secondary N) is 3. The maximum Gasteiger partial charge on any atom is 0.248 e. The lowest BCUT2D eigenvalue weighted by Gasteiger charge is -2.20. The summed E-state index contributed by atoms with van der Waals surface area (Å²) in [5.74, 6) is 1.04. The van der Waals surface area contributed by atoms with E-state index < -0.39 is 0 Å². The van der Waals surface area contributed by atoms with E-state index in [0.29, 0.717) is 58.3 Å². The van der Waals surface area contributed by atoms with Crippen LogP contribution in [0.25, 0.3) is 10.9 Å². The highest BCUT2D eigenvalue weighted by molar-refractivity contribution is 6.05. The van der Waals surface area contributed by atoms with E-state index in [0.717, 1.165) is 63.6 Å². The van der Waals surface area contributed by atoms with Crippen LogP contribution in [0.2, 0.25) is 0 Å². The van der Waals surface area contributed by atoms with Gasteiger partial charge in [-0.3, -0.25) is 14.6 Å². The minimum absolute atomic E-state index is 0.104. The molecule has 1 aliphatic carbocycles. The second-order valence-corrected chi connectivity index (χ2v) is 11.7. The third-order valence-electron chi connectivity index (χ3n) is 8.48. The molecule has 1 aromatic carbocycles. The van der Waals surface area contributed by atoms with E-state index in [9.17, 15) is 14.9 Å². The van der Waals surface area contributed by atoms with Crippen molar-refractivity contribution in [1.29, 1.82) is 5.26 Å². The molecular formula is C33H37N7O4. The van der Waals surface area contributed by atoms with Crippen molar-refractivity contribution in [3.05, 3.63) is 53.8 Å². The fourth-order valence-electron chi connectivity index (χ4n) is 6.05. The lowest BCUT2D eigenvalue weighted by molar-refractivity contribution is -0.123. The Morgan fingerprint density at radius 2 is 1.86 bits per heavy atom. The quantitative estimate of drug-likeness (QED) is 0.296. The van der Waals surface area contributed by atoms with Gasteiger partial charge >= 0.3 is 0 Å². The van der Waals surface area contributed by atoms with Crippen molar-refractivity contribution < 1.29 is 19.1 Å². The summed E-state index contributed by atoms with van der Waals surface area (Å²) in [6, 6.07) is 5.78. The van der Waals surface area contributed by atoms with Crippen LogP contribution in [0, 0.1) is 17.2 Å². The zero-order valence-electron chi connectivity index (χ0n) is 24.7. The van der Waals surface area contributed by atoms with Crippen molar-refractivity contribution in [1.82, 2.24) is 20.3 Å². The first-order valence-electron chi connectivity index (χ1n) is 15.5. The monoisotopic (exact) mass is 595 g/mol. The Bertz CT molecular complexity index is 1580. The van der Waals surface area contributed by atoms with E-state index in [1.54, 1.807) is 30.6 Å². The first-order valence-corrected chi connectivity index (χ1v) is 15.5. The van der Waals surface area contributed by atoms with Crippen molar-refractivity contribution in [2.45, 2.75) is 63.9 Å². The molecule has 11 heteroatoms. The summed E-state index contributed by atoms with van der Waals surface area (Å²) in [5.41, 5.74) is 3.55. The van der Waals surface area contributed by atoms with Crippen LogP contribution in [0.3, 0.4) is 0 Å². The third kappa shape index (κ3) is 7.21. The molecule has 3 fully saturated rings. The second kappa shape index (κ2) is 13.9. The van der Waals surface area contributed by atoms with Gasteiger partial charge in [0.25, 0.3) is 0 Å². The average Bonchev–Trinajstić information content (AvgIpc) is 3.56. The van der Waals surface area contributed by atoms with Gasteiger partial charge in [0.05, 0.1) is 60.2 Å². The summed E-state index contributed by atoms with van der Waals surface area (Å²) >= 11 is 0. The highest BCUT2D eigenvalue weighted by Crippen LogP contribution is 2.37. The number of ketones is 1. The second-order valence-electron chi connectivity index (χ2n) is 11.7. The molecule has 2 aromatic heterocycles. The zero-order chi connectivity index (χ0) is 30.3. The number of carbonyl (C=O) groups excluding carboxylic acids is 2. The fourth-order valence-corrected chi connectivity index (χ4v) is 6.05. The number of fused-ring (bicyclic) bond motifs is 1. The highest BCUT2D eigenvalue weighted by atomic mass is 16.5. The predicted octanol–water partition coefficient (Wildman–Crippen LogP) is 4.75. The van der Waals surface area contributed by atoms with Crippen LogP contribution in [0.4, 0.5) is 17.1 Å². The molecule has 1 saturated carbocycles. The number of benzene rings is 1. The average molecular weight is 596 g/mol. The molecule has 0 radical (unpaired) electrons. The Hall–Kier alpha value is -4.40. The van der Waals surface area contributed by atoms with Gasteiger partial charge in [0.15, 0.2) is 0 Å². The fraction of sp³-hybridized carbons (Fsp3) is 0.455. The number of aromatic nitrogens is 3. The predicted molar refractivity (Wildman–Crippen MR) is 166 cm³/mol. The van der Waals surface area contributed by atoms with Crippen LogP contribution < -0.4 is 20.7 Å². The smallest absolute Gasteiger partial charge is 0.248 e. The van der Waals surface area contributed by atoms with E-state index >= 15 is 0 Å². The molecule has 2 aliphatic heterocycles. The van der Waals surface area contributed by atoms with E-state index in [1.807, 2.05) is 0 Å². The maximum absolute atomic E-state index is 13.1. The number of rotatable bonds is 9. The van der Waals surface area contributed by atoms with Crippen LogP contribution in [0.15, 0.2) is 42.4 Å². The molecule has 0 bridgehead atoms. The molecule has 11 nitrogen and oxygen atoms in total. The van der Waals surface area contributed by atoms with Gasteiger partial charge in [-0.15, -0.1) is 0 Å². The number of carbonyl (C=O) groups is 2. The largest absolute Gasteiger partial charge is 0.486 e. The Morgan fingerprint density at radius 3 is 2.59 bits per heavy atom. The Labute approximate surface area is 256 Å². The maximum atomic E-state index is 13.1. The van der Waals surface area contributed by atoms with E-state index in [-0.39, 0.29) is 30.1 Å². The number of nitriles is 1. The van der Waals surface area contributed by atoms with Gasteiger partial charge in [0.1, 0.15) is 29.5 Å². The number of pyridine rings is 1. The summed E-state index contributed by atoms with van der Waals surface area (Å²) in [6.45, 7) is 2.79. The van der Waals surface area contributed by atoms with Crippen LogP contribution >= 0.6 is 0 Å². The van der Waals surface area contributed by atoms with Gasteiger partial charge in [-0.1, -0.05) is 24.8 Å². The standard InChI is InChI=1S/C33H37N7O4/c34-16-23-17-36-27-14-30(44-25-8-11-43-20-25)28(40-32(42)12-21-6-9-35-10-7-21)13-26(27)33(23)39-24-18-37-31(38-19-24)15-29(41)22-4-2-1-3-5-22/h12-14,17-19,22,25,35H,1-11,15,20H2,(H,36,39)(H,40,42). The minimum Gasteiger partial charge on any atom is -0.486 e. The van der Waals surface area contributed by atoms with Crippen molar-refractivity contribution in [2.24, 2.45) is 5.92 Å². The summed E-state index contributed by atoms with van der Waals surface area (Å²) in [6.07, 6.45) is 14.2. The number of nitrogens with zero attached hydrogens (tertiary/aromatic N) is 4. The number of piperidine rings is 1. The van der Waals surface area contributed by atoms with Crippen molar-refractivity contribution >= 4 is 39.7 Å². The number of hydrogen-bond donors (Lipinski definition) is 3. The highest BCUT2D eigenvalue weighted by Gasteiger charge is 2.23. The first kappa shape index (κ1) is 29.7. The first-order chi connectivity index (χ1) is 21.6. The van der Waals surface area contributed by atoms with E-state index in [2.05, 4.69) is 37.0 Å². The molecule has 3 aromatic rings. The summed E-state index contributed by atoms with van der Waals surface area (Å²) in [5, 5.41) is 20.2. The van der Waals surface area contributed by atoms with E-state index in [1.165, 1.54) is 12.6 Å². The van der Waals surface area contributed by atoms with Crippen LogP contribution in [0.1, 0.15) is 62.8 Å². The van der Waals surface area contributed by atoms with Gasteiger partial charge in [0.2, 0.25) is 5.91 Å². The topological polar surface area (TPSA) is 151 Å². The molecule has 44 heavy (non-hydrogen) atoms. The molecule has 1 atom stereocenters. The van der Waals surface area contributed by atoms with Gasteiger partial charge in [0, 0.05) is 36.1 Å². The molecule has 228 valence electrons. The molecule has 3 aliphatic rings. The Morgan fingerprint density at radius 1 is 1.07 bits per heavy atom.